The lowest BCUT2D eigenvalue weighted by atomic mass is 10.0. The molecule has 1 heterocycles. The minimum absolute atomic E-state index is 0.115. The van der Waals surface area contributed by atoms with Gasteiger partial charge in [0, 0.05) is 43.5 Å². The maximum atomic E-state index is 13.9. The highest BCUT2D eigenvalue weighted by molar-refractivity contribution is 5.41. The zero-order chi connectivity index (χ0) is 13.1. The fourth-order valence-electron chi connectivity index (χ4n) is 2.55. The van der Waals surface area contributed by atoms with Crippen molar-refractivity contribution in [2.75, 3.05) is 38.5 Å². The number of piperazine rings is 1. The summed E-state index contributed by atoms with van der Waals surface area (Å²) in [4.78, 5) is 4.75. The largest absolute Gasteiger partial charge is 0.399 e. The van der Waals surface area contributed by atoms with E-state index in [0.29, 0.717) is 5.69 Å². The lowest BCUT2D eigenvalue weighted by Crippen LogP contribution is -2.46. The summed E-state index contributed by atoms with van der Waals surface area (Å²) < 4.78 is 13.9. The lowest BCUT2D eigenvalue weighted by molar-refractivity contribution is 0.105. The molecule has 0 bridgehead atoms. The van der Waals surface area contributed by atoms with Crippen LogP contribution in [-0.2, 0) is 0 Å². The summed E-state index contributed by atoms with van der Waals surface area (Å²) in [7, 11) is 0. The normalized spacial score (nSPS) is 19.9. The summed E-state index contributed by atoms with van der Waals surface area (Å²) in [6.07, 6.45) is 0. The first-order valence-corrected chi connectivity index (χ1v) is 6.63. The molecule has 1 saturated heterocycles. The molecule has 2 rings (SSSR count). The number of likely N-dealkylation sites (N-methyl/N-ethyl adjacent to an activating group) is 1. The molecule has 0 aromatic heterocycles. The summed E-state index contributed by atoms with van der Waals surface area (Å²) >= 11 is 0. The minimum atomic E-state index is -0.194. The van der Waals surface area contributed by atoms with E-state index in [1.165, 1.54) is 6.07 Å². The second-order valence-corrected chi connectivity index (χ2v) is 4.93. The number of nitrogens with zero attached hydrogens (tertiary/aromatic N) is 2. The Morgan fingerprint density at radius 3 is 2.50 bits per heavy atom. The van der Waals surface area contributed by atoms with Gasteiger partial charge in [0.2, 0.25) is 0 Å². The zero-order valence-corrected chi connectivity index (χ0v) is 11.2. The molecule has 4 heteroatoms. The number of halogens is 1. The predicted molar refractivity (Wildman–Crippen MR) is 72.9 cm³/mol. The SMILES string of the molecule is CCN1CCN(C(C)c2ccc(N)cc2F)CC1. The highest BCUT2D eigenvalue weighted by Crippen LogP contribution is 2.25. The summed E-state index contributed by atoms with van der Waals surface area (Å²) in [6, 6.07) is 5.11. The fourth-order valence-corrected chi connectivity index (χ4v) is 2.55. The van der Waals surface area contributed by atoms with Crippen LogP contribution >= 0.6 is 0 Å². The van der Waals surface area contributed by atoms with Crippen LogP contribution in [0.4, 0.5) is 10.1 Å². The van der Waals surface area contributed by atoms with Crippen LogP contribution in [0.5, 0.6) is 0 Å². The van der Waals surface area contributed by atoms with E-state index in [1.54, 1.807) is 6.07 Å². The van der Waals surface area contributed by atoms with Crippen molar-refractivity contribution < 1.29 is 4.39 Å². The molecule has 1 aromatic carbocycles. The second-order valence-electron chi connectivity index (χ2n) is 4.93. The summed E-state index contributed by atoms with van der Waals surface area (Å²) in [5, 5.41) is 0. The Morgan fingerprint density at radius 2 is 1.94 bits per heavy atom. The molecule has 1 aliphatic heterocycles. The molecule has 1 aliphatic rings. The molecule has 1 unspecified atom stereocenters. The monoisotopic (exact) mass is 251 g/mol. The topological polar surface area (TPSA) is 32.5 Å². The van der Waals surface area contributed by atoms with Gasteiger partial charge in [-0.15, -0.1) is 0 Å². The quantitative estimate of drug-likeness (QED) is 0.835. The summed E-state index contributed by atoms with van der Waals surface area (Å²) in [5.74, 6) is -0.194. The molecule has 0 aliphatic carbocycles. The molecule has 1 fully saturated rings. The van der Waals surface area contributed by atoms with Crippen LogP contribution in [0.1, 0.15) is 25.5 Å². The fraction of sp³-hybridized carbons (Fsp3) is 0.571. The second kappa shape index (κ2) is 5.67. The van der Waals surface area contributed by atoms with E-state index in [-0.39, 0.29) is 11.9 Å². The first-order chi connectivity index (χ1) is 8.61. The van der Waals surface area contributed by atoms with E-state index in [9.17, 15) is 4.39 Å². The molecule has 0 radical (unpaired) electrons. The molecule has 1 aromatic rings. The van der Waals surface area contributed by atoms with E-state index >= 15 is 0 Å². The number of hydrogen-bond acceptors (Lipinski definition) is 3. The van der Waals surface area contributed by atoms with Gasteiger partial charge in [0.25, 0.3) is 0 Å². The van der Waals surface area contributed by atoms with Gasteiger partial charge in [-0.25, -0.2) is 4.39 Å². The van der Waals surface area contributed by atoms with Gasteiger partial charge in [0.05, 0.1) is 0 Å². The van der Waals surface area contributed by atoms with Gasteiger partial charge >= 0.3 is 0 Å². The van der Waals surface area contributed by atoms with Crippen LogP contribution in [0.15, 0.2) is 18.2 Å². The van der Waals surface area contributed by atoms with Crippen molar-refractivity contribution in [3.8, 4) is 0 Å². The van der Waals surface area contributed by atoms with E-state index in [4.69, 9.17) is 5.73 Å². The number of nitrogen functional groups attached to an aromatic ring is 1. The highest BCUT2D eigenvalue weighted by atomic mass is 19.1. The first kappa shape index (κ1) is 13.3. The van der Waals surface area contributed by atoms with Crippen LogP contribution < -0.4 is 5.73 Å². The van der Waals surface area contributed by atoms with E-state index in [0.717, 1.165) is 38.3 Å². The third kappa shape index (κ3) is 2.82. The Balaban J connectivity index is 2.05. The van der Waals surface area contributed by atoms with Gasteiger partial charge in [-0.05, 0) is 25.6 Å². The average molecular weight is 251 g/mol. The van der Waals surface area contributed by atoms with Crippen LogP contribution in [0.25, 0.3) is 0 Å². The van der Waals surface area contributed by atoms with Crippen molar-refractivity contribution >= 4 is 5.69 Å². The summed E-state index contributed by atoms with van der Waals surface area (Å²) in [6.45, 7) is 9.47. The predicted octanol–water partition coefficient (Wildman–Crippen LogP) is 2.11. The summed E-state index contributed by atoms with van der Waals surface area (Å²) in [5.41, 5.74) is 6.81. The van der Waals surface area contributed by atoms with Gasteiger partial charge < -0.3 is 10.6 Å². The Morgan fingerprint density at radius 1 is 1.28 bits per heavy atom. The van der Waals surface area contributed by atoms with E-state index in [2.05, 4.69) is 23.6 Å². The van der Waals surface area contributed by atoms with Gasteiger partial charge in [-0.1, -0.05) is 13.0 Å². The maximum Gasteiger partial charge on any atom is 0.130 e. The number of benzene rings is 1. The Kier molecular flexibility index (Phi) is 4.19. The molecule has 0 spiro atoms. The molecule has 100 valence electrons. The van der Waals surface area contributed by atoms with Crippen molar-refractivity contribution in [1.29, 1.82) is 0 Å². The van der Waals surface area contributed by atoms with Crippen molar-refractivity contribution in [1.82, 2.24) is 9.80 Å². The van der Waals surface area contributed by atoms with E-state index < -0.39 is 0 Å². The van der Waals surface area contributed by atoms with Gasteiger partial charge in [0.15, 0.2) is 0 Å². The number of hydrogen-bond donors (Lipinski definition) is 1. The minimum Gasteiger partial charge on any atom is -0.399 e. The van der Waals surface area contributed by atoms with Crippen molar-refractivity contribution in [3.63, 3.8) is 0 Å². The Hall–Kier alpha value is -1.13. The van der Waals surface area contributed by atoms with Crippen molar-refractivity contribution in [3.05, 3.63) is 29.6 Å². The van der Waals surface area contributed by atoms with Gasteiger partial charge in [0.1, 0.15) is 5.82 Å². The maximum absolute atomic E-state index is 13.9. The van der Waals surface area contributed by atoms with Gasteiger partial charge in [-0.3, -0.25) is 4.90 Å². The van der Waals surface area contributed by atoms with Crippen molar-refractivity contribution in [2.24, 2.45) is 0 Å². The molecule has 3 nitrogen and oxygen atoms in total. The number of nitrogens with two attached hydrogens (primary N) is 1. The molecule has 0 saturated carbocycles. The van der Waals surface area contributed by atoms with Crippen LogP contribution in [0, 0.1) is 5.82 Å². The number of rotatable bonds is 3. The molecule has 1 atom stereocenters. The molecule has 2 N–H and O–H groups in total. The lowest BCUT2D eigenvalue weighted by Gasteiger charge is -2.37. The van der Waals surface area contributed by atoms with Crippen LogP contribution in [0.2, 0.25) is 0 Å². The Labute approximate surface area is 108 Å². The van der Waals surface area contributed by atoms with E-state index in [1.807, 2.05) is 6.07 Å². The molecular formula is C14H22FN3. The third-order valence-corrected chi connectivity index (χ3v) is 3.88. The first-order valence-electron chi connectivity index (χ1n) is 6.63. The van der Waals surface area contributed by atoms with Gasteiger partial charge in [-0.2, -0.15) is 0 Å². The molecule has 18 heavy (non-hydrogen) atoms. The number of anilines is 1. The standard InChI is InChI=1S/C14H22FN3/c1-3-17-6-8-18(9-7-17)11(2)13-5-4-12(16)10-14(13)15/h4-5,10-11H,3,6-9,16H2,1-2H3. The van der Waals surface area contributed by atoms with Crippen LogP contribution in [-0.4, -0.2) is 42.5 Å². The Bertz CT molecular complexity index is 400. The average Bonchev–Trinajstić information content (AvgIpc) is 2.38. The molecule has 0 amide bonds. The smallest absolute Gasteiger partial charge is 0.130 e. The third-order valence-electron chi connectivity index (χ3n) is 3.88. The van der Waals surface area contributed by atoms with Crippen molar-refractivity contribution in [2.45, 2.75) is 19.9 Å². The molecular weight excluding hydrogens is 229 g/mol. The highest BCUT2D eigenvalue weighted by Gasteiger charge is 2.22. The van der Waals surface area contributed by atoms with Crippen LogP contribution in [0.3, 0.4) is 0 Å². The zero-order valence-electron chi connectivity index (χ0n) is 11.2.